The van der Waals surface area contributed by atoms with Crippen molar-refractivity contribution in [2.75, 3.05) is 12.9 Å². The fourth-order valence-corrected chi connectivity index (χ4v) is 5.03. The molecule has 1 amide bonds. The lowest BCUT2D eigenvalue weighted by Gasteiger charge is -2.45. The van der Waals surface area contributed by atoms with E-state index in [9.17, 15) is 27.9 Å². The molecule has 9 nitrogen and oxygen atoms in total. The van der Waals surface area contributed by atoms with Gasteiger partial charge in [-0.25, -0.2) is 18.0 Å². The predicted octanol–water partition coefficient (Wildman–Crippen LogP) is 0.696. The molecule has 2 aliphatic rings. The number of hydrogen-bond donors (Lipinski definition) is 1. The van der Waals surface area contributed by atoms with Gasteiger partial charge in [0.05, 0.1) is 24.1 Å². The number of carbonyl (C=O) groups excluding carboxylic acids is 2. The number of aliphatic carboxylic acids is 1. The number of rotatable bonds is 4. The van der Waals surface area contributed by atoms with Crippen LogP contribution >= 0.6 is 11.6 Å². The second-order valence-corrected chi connectivity index (χ2v) is 8.32. The third-order valence-corrected chi connectivity index (χ3v) is 6.21. The quantitative estimate of drug-likeness (QED) is 0.424. The molecule has 2 aliphatic heterocycles. The maximum absolute atomic E-state index is 12.7. The van der Waals surface area contributed by atoms with Crippen molar-refractivity contribution in [2.45, 2.75) is 5.37 Å². The number of carboxylic acid groups (broad SMARTS) is 1. The van der Waals surface area contributed by atoms with Gasteiger partial charge in [-0.3, -0.25) is 14.7 Å². The maximum atomic E-state index is 12.7. The van der Waals surface area contributed by atoms with Gasteiger partial charge >= 0.3 is 11.9 Å². The third-order valence-electron chi connectivity index (χ3n) is 4.08. The number of pyridine rings is 1. The van der Waals surface area contributed by atoms with Crippen molar-refractivity contribution in [1.29, 1.82) is 0 Å². The first-order valence-electron chi connectivity index (χ1n) is 7.77. The van der Waals surface area contributed by atoms with Crippen LogP contribution in [-0.2, 0) is 29.0 Å². The standard InChI is InChI=1S/C17H13ClN2O7S/c1-27-17(24)12(18)6-9-8-28(25,26)15-11(7-10-4-2-3-5-19-10)14(21)20(15)13(9)16(22)23/h2-7,15H,8H2,1H3,(H,22,23)/b11-7-,12-6-/t15-/m1/s1. The minimum absolute atomic E-state index is 0.0838. The van der Waals surface area contributed by atoms with Gasteiger partial charge in [-0.1, -0.05) is 17.7 Å². The summed E-state index contributed by atoms with van der Waals surface area (Å²) >= 11 is 5.74. The fraction of sp³-hybridized carbons (Fsp3) is 0.176. The minimum Gasteiger partial charge on any atom is -0.477 e. The van der Waals surface area contributed by atoms with Gasteiger partial charge in [0.25, 0.3) is 5.91 Å². The topological polar surface area (TPSA) is 131 Å². The van der Waals surface area contributed by atoms with Gasteiger partial charge in [0.15, 0.2) is 15.2 Å². The van der Waals surface area contributed by atoms with Gasteiger partial charge in [-0.2, -0.15) is 0 Å². The molecule has 0 aromatic carbocycles. The van der Waals surface area contributed by atoms with Crippen LogP contribution in [0.15, 0.2) is 52.3 Å². The molecule has 0 spiro atoms. The molecule has 28 heavy (non-hydrogen) atoms. The Bertz CT molecular complexity index is 1070. The van der Waals surface area contributed by atoms with E-state index >= 15 is 0 Å². The molecule has 1 atom stereocenters. The van der Waals surface area contributed by atoms with Gasteiger partial charge in [0.1, 0.15) is 10.7 Å². The van der Waals surface area contributed by atoms with Crippen molar-refractivity contribution < 1.29 is 32.6 Å². The highest BCUT2D eigenvalue weighted by Crippen LogP contribution is 2.41. The summed E-state index contributed by atoms with van der Waals surface area (Å²) in [5.41, 5.74) is -0.560. The van der Waals surface area contributed by atoms with E-state index in [0.29, 0.717) is 10.6 Å². The highest BCUT2D eigenvalue weighted by molar-refractivity contribution is 7.92. The first-order valence-corrected chi connectivity index (χ1v) is 9.86. The number of methoxy groups -OCH3 is 1. The number of allylic oxidation sites excluding steroid dienone is 1. The van der Waals surface area contributed by atoms with Crippen molar-refractivity contribution in [3.63, 3.8) is 0 Å². The molecule has 0 bridgehead atoms. The lowest BCUT2D eigenvalue weighted by atomic mass is 10.0. The number of fused-ring (bicyclic) bond motifs is 1. The van der Waals surface area contributed by atoms with Crippen LogP contribution in [0.4, 0.5) is 0 Å². The van der Waals surface area contributed by atoms with E-state index in [1.54, 1.807) is 18.2 Å². The Kier molecular flexibility index (Phi) is 5.09. The Morgan fingerprint density at radius 2 is 2.11 bits per heavy atom. The van der Waals surface area contributed by atoms with E-state index in [0.717, 1.165) is 13.2 Å². The van der Waals surface area contributed by atoms with Crippen LogP contribution in [0.5, 0.6) is 0 Å². The largest absolute Gasteiger partial charge is 0.477 e. The number of aromatic nitrogens is 1. The Hall–Kier alpha value is -2.98. The van der Waals surface area contributed by atoms with Crippen molar-refractivity contribution in [3.8, 4) is 0 Å². The molecule has 1 aromatic rings. The van der Waals surface area contributed by atoms with Crippen LogP contribution in [0.3, 0.4) is 0 Å². The number of hydrogen-bond acceptors (Lipinski definition) is 7. The number of sulfone groups is 1. The van der Waals surface area contributed by atoms with Gasteiger partial charge in [-0.15, -0.1) is 0 Å². The average molecular weight is 425 g/mol. The lowest BCUT2D eigenvalue weighted by molar-refractivity contribution is -0.141. The molecule has 0 saturated carbocycles. The zero-order chi connectivity index (χ0) is 20.6. The van der Waals surface area contributed by atoms with Crippen molar-refractivity contribution >= 4 is 45.4 Å². The van der Waals surface area contributed by atoms with Crippen LogP contribution in [-0.4, -0.2) is 59.5 Å². The van der Waals surface area contributed by atoms with Crippen LogP contribution < -0.4 is 0 Å². The second kappa shape index (κ2) is 7.21. The number of halogens is 1. The second-order valence-electron chi connectivity index (χ2n) is 5.85. The molecular formula is C17H13ClN2O7S. The molecule has 3 heterocycles. The molecule has 1 fully saturated rings. The molecule has 11 heteroatoms. The first-order chi connectivity index (χ1) is 13.2. The monoisotopic (exact) mass is 424 g/mol. The zero-order valence-corrected chi connectivity index (χ0v) is 15.9. The van der Waals surface area contributed by atoms with Gasteiger partial charge in [-0.05, 0) is 24.3 Å². The van der Waals surface area contributed by atoms with E-state index in [4.69, 9.17) is 11.6 Å². The van der Waals surface area contributed by atoms with Gasteiger partial charge in [0, 0.05) is 11.8 Å². The summed E-state index contributed by atoms with van der Waals surface area (Å²) in [6, 6.07) is 4.90. The number of esters is 1. The molecule has 146 valence electrons. The number of carbonyl (C=O) groups is 3. The van der Waals surface area contributed by atoms with Gasteiger partial charge < -0.3 is 9.84 Å². The average Bonchev–Trinajstić information content (AvgIpc) is 2.65. The summed E-state index contributed by atoms with van der Waals surface area (Å²) < 4.78 is 29.8. The van der Waals surface area contributed by atoms with E-state index in [-0.39, 0.29) is 11.1 Å². The number of carboxylic acids is 1. The fourth-order valence-electron chi connectivity index (χ4n) is 2.93. The predicted molar refractivity (Wildman–Crippen MR) is 97.2 cm³/mol. The van der Waals surface area contributed by atoms with Gasteiger partial charge in [0.2, 0.25) is 0 Å². The van der Waals surface area contributed by atoms with Crippen molar-refractivity contribution in [3.05, 3.63) is 58.0 Å². The minimum atomic E-state index is -3.99. The van der Waals surface area contributed by atoms with Crippen molar-refractivity contribution in [2.24, 2.45) is 0 Å². The highest BCUT2D eigenvalue weighted by Gasteiger charge is 2.56. The summed E-state index contributed by atoms with van der Waals surface area (Å²) in [5, 5.41) is 7.58. The lowest BCUT2D eigenvalue weighted by Crippen LogP contribution is -2.62. The summed E-state index contributed by atoms with van der Waals surface area (Å²) in [5.74, 6) is -3.98. The summed E-state index contributed by atoms with van der Waals surface area (Å²) in [6.07, 6.45) is 3.67. The van der Waals surface area contributed by atoms with Crippen LogP contribution in [0, 0.1) is 0 Å². The number of ether oxygens (including phenoxy) is 1. The summed E-state index contributed by atoms with van der Waals surface area (Å²) in [4.78, 5) is 40.4. The number of amides is 1. The molecule has 1 N–H and O–H groups in total. The Labute approximate surface area is 164 Å². The molecule has 3 rings (SSSR count). The SMILES string of the molecule is COC(=O)/C(Cl)=C/C1=C(C(=O)O)N2C(=O)/C(=C/c3ccccn3)[C@H]2S(=O)(=O)C1. The molecule has 1 aromatic heterocycles. The zero-order valence-electron chi connectivity index (χ0n) is 14.3. The molecular weight excluding hydrogens is 412 g/mol. The van der Waals surface area contributed by atoms with Crippen molar-refractivity contribution in [1.82, 2.24) is 9.88 Å². The molecule has 0 radical (unpaired) electrons. The molecule has 0 unspecified atom stereocenters. The molecule has 0 aliphatic carbocycles. The first kappa shape index (κ1) is 19.8. The normalized spacial score (nSPS) is 22.6. The Morgan fingerprint density at radius 3 is 2.68 bits per heavy atom. The van der Waals surface area contributed by atoms with E-state index in [2.05, 4.69) is 9.72 Å². The summed E-state index contributed by atoms with van der Waals surface area (Å²) in [6.45, 7) is 0. The highest BCUT2D eigenvalue weighted by atomic mass is 35.5. The molecule has 1 saturated heterocycles. The van der Waals surface area contributed by atoms with E-state index < -0.39 is 49.5 Å². The van der Waals surface area contributed by atoms with Crippen LogP contribution in [0.25, 0.3) is 6.08 Å². The Morgan fingerprint density at radius 1 is 1.39 bits per heavy atom. The third kappa shape index (κ3) is 3.32. The Balaban J connectivity index is 2.11. The smallest absolute Gasteiger partial charge is 0.352 e. The maximum Gasteiger partial charge on any atom is 0.352 e. The van der Waals surface area contributed by atoms with E-state index in [1.807, 2.05) is 0 Å². The van der Waals surface area contributed by atoms with E-state index in [1.165, 1.54) is 12.3 Å². The van der Waals surface area contributed by atoms with Crippen LogP contribution in [0.1, 0.15) is 5.69 Å². The number of nitrogens with zero attached hydrogens (tertiary/aromatic N) is 2. The number of β-lactam (4-membered cyclic amide) rings is 1. The summed E-state index contributed by atoms with van der Waals surface area (Å²) in [7, 11) is -2.93. The van der Waals surface area contributed by atoms with Crippen LogP contribution in [0.2, 0.25) is 0 Å².